The van der Waals surface area contributed by atoms with Gasteiger partial charge in [0.15, 0.2) is 5.13 Å². The zero-order valence-corrected chi connectivity index (χ0v) is 15.9. The predicted molar refractivity (Wildman–Crippen MR) is 104 cm³/mol. The predicted octanol–water partition coefficient (Wildman–Crippen LogP) is 4.70. The van der Waals surface area contributed by atoms with Crippen molar-refractivity contribution in [3.05, 3.63) is 41.4 Å². The molecule has 0 aliphatic rings. The minimum atomic E-state index is -0.130. The van der Waals surface area contributed by atoms with Crippen molar-refractivity contribution in [2.45, 2.75) is 4.90 Å². The molecule has 0 spiro atoms. The van der Waals surface area contributed by atoms with E-state index in [2.05, 4.69) is 10.3 Å². The maximum atomic E-state index is 12.2. The molecule has 0 saturated carbocycles. The normalized spacial score (nSPS) is 10.7. The number of aromatic nitrogens is 1. The van der Waals surface area contributed by atoms with Crippen molar-refractivity contribution in [3.8, 4) is 11.5 Å². The lowest BCUT2D eigenvalue weighted by atomic mass is 10.3. The van der Waals surface area contributed by atoms with Crippen LogP contribution in [-0.4, -0.2) is 30.9 Å². The van der Waals surface area contributed by atoms with E-state index in [1.165, 1.54) is 23.1 Å². The first-order chi connectivity index (χ1) is 12.1. The van der Waals surface area contributed by atoms with E-state index in [0.717, 1.165) is 15.3 Å². The van der Waals surface area contributed by atoms with Gasteiger partial charge in [0.1, 0.15) is 17.0 Å². The van der Waals surface area contributed by atoms with E-state index in [-0.39, 0.29) is 11.7 Å². The summed E-state index contributed by atoms with van der Waals surface area (Å²) in [5, 5.41) is 3.90. The van der Waals surface area contributed by atoms with Crippen molar-refractivity contribution >= 4 is 56.0 Å². The number of ether oxygens (including phenoxy) is 2. The summed E-state index contributed by atoms with van der Waals surface area (Å²) in [6.07, 6.45) is 0. The van der Waals surface area contributed by atoms with Gasteiger partial charge in [0.25, 0.3) is 0 Å². The Labute approximate surface area is 158 Å². The third kappa shape index (κ3) is 4.18. The number of hydrogen-bond acceptors (Lipinski definition) is 6. The van der Waals surface area contributed by atoms with Crippen LogP contribution in [0.15, 0.2) is 41.3 Å². The highest BCUT2D eigenvalue weighted by atomic mass is 35.5. The molecule has 0 aliphatic carbocycles. The smallest absolute Gasteiger partial charge is 0.236 e. The second-order valence-electron chi connectivity index (χ2n) is 4.96. The summed E-state index contributed by atoms with van der Waals surface area (Å²) in [6, 6.07) is 11.1. The van der Waals surface area contributed by atoms with Crippen LogP contribution in [0.25, 0.3) is 10.2 Å². The number of carbonyl (C=O) groups is 1. The number of carbonyl (C=O) groups excluding carboxylic acids is 1. The number of fused-ring (bicyclic) bond motifs is 1. The molecule has 130 valence electrons. The highest BCUT2D eigenvalue weighted by Crippen LogP contribution is 2.37. The third-order valence-corrected chi connectivity index (χ3v) is 5.80. The van der Waals surface area contributed by atoms with E-state index in [1.807, 2.05) is 24.3 Å². The fourth-order valence-corrected chi connectivity index (χ4v) is 4.02. The van der Waals surface area contributed by atoms with Gasteiger partial charge in [0, 0.05) is 4.90 Å². The Morgan fingerprint density at radius 3 is 2.64 bits per heavy atom. The van der Waals surface area contributed by atoms with Crippen molar-refractivity contribution in [2.24, 2.45) is 0 Å². The van der Waals surface area contributed by atoms with Crippen LogP contribution in [0.5, 0.6) is 11.5 Å². The van der Waals surface area contributed by atoms with Gasteiger partial charge in [-0.25, -0.2) is 4.98 Å². The summed E-state index contributed by atoms with van der Waals surface area (Å²) in [6.45, 7) is 0. The molecule has 25 heavy (non-hydrogen) atoms. The standard InChI is InChI=1S/C17H15ClN2O3S2/c1-22-10-3-5-11(6-4-10)24-9-14(21)19-17-20-15-13(23-2)8-7-12(18)16(15)25-17/h3-8H,9H2,1-2H3,(H,19,20,21). The molecular formula is C17H15ClN2O3S2. The van der Waals surface area contributed by atoms with E-state index < -0.39 is 0 Å². The topological polar surface area (TPSA) is 60.5 Å². The molecule has 0 unspecified atom stereocenters. The molecule has 3 aromatic rings. The number of nitrogens with one attached hydrogen (secondary N) is 1. The van der Waals surface area contributed by atoms with Crippen LogP contribution in [0, 0.1) is 0 Å². The number of anilines is 1. The molecule has 2 aromatic carbocycles. The van der Waals surface area contributed by atoms with Crippen molar-refractivity contribution < 1.29 is 14.3 Å². The van der Waals surface area contributed by atoms with Crippen LogP contribution >= 0.6 is 34.7 Å². The average Bonchev–Trinajstić information content (AvgIpc) is 3.05. The number of benzene rings is 2. The van der Waals surface area contributed by atoms with E-state index in [1.54, 1.807) is 26.4 Å². The molecule has 1 heterocycles. The lowest BCUT2D eigenvalue weighted by Crippen LogP contribution is -2.13. The first-order valence-electron chi connectivity index (χ1n) is 7.30. The molecule has 1 N–H and O–H groups in total. The monoisotopic (exact) mass is 394 g/mol. The number of thiazole rings is 1. The van der Waals surface area contributed by atoms with Gasteiger partial charge in [-0.2, -0.15) is 0 Å². The fraction of sp³-hybridized carbons (Fsp3) is 0.176. The van der Waals surface area contributed by atoms with Gasteiger partial charge >= 0.3 is 0 Å². The summed E-state index contributed by atoms with van der Waals surface area (Å²) in [7, 11) is 3.20. The number of hydrogen-bond donors (Lipinski definition) is 1. The summed E-state index contributed by atoms with van der Waals surface area (Å²) in [5.41, 5.74) is 0.651. The first-order valence-corrected chi connectivity index (χ1v) is 9.48. The van der Waals surface area contributed by atoms with Crippen LogP contribution in [0.4, 0.5) is 5.13 Å². The van der Waals surface area contributed by atoms with E-state index in [9.17, 15) is 4.79 Å². The summed E-state index contributed by atoms with van der Waals surface area (Å²) in [5.74, 6) is 1.57. The SMILES string of the molecule is COc1ccc(SCC(=O)Nc2nc3c(OC)ccc(Cl)c3s2)cc1. The molecule has 3 rings (SSSR count). The number of methoxy groups -OCH3 is 2. The number of amides is 1. The zero-order chi connectivity index (χ0) is 17.8. The highest BCUT2D eigenvalue weighted by molar-refractivity contribution is 8.00. The maximum absolute atomic E-state index is 12.2. The minimum Gasteiger partial charge on any atom is -0.497 e. The van der Waals surface area contributed by atoms with Crippen LogP contribution in [-0.2, 0) is 4.79 Å². The Morgan fingerprint density at radius 2 is 1.96 bits per heavy atom. The summed E-state index contributed by atoms with van der Waals surface area (Å²) >= 11 is 8.96. The number of rotatable bonds is 6. The van der Waals surface area contributed by atoms with Crippen molar-refractivity contribution in [3.63, 3.8) is 0 Å². The van der Waals surface area contributed by atoms with Gasteiger partial charge in [0.2, 0.25) is 5.91 Å². The number of nitrogens with zero attached hydrogens (tertiary/aromatic N) is 1. The molecule has 1 amide bonds. The van der Waals surface area contributed by atoms with Gasteiger partial charge in [-0.1, -0.05) is 22.9 Å². The first kappa shape index (κ1) is 17.8. The molecule has 1 aromatic heterocycles. The lowest BCUT2D eigenvalue weighted by molar-refractivity contribution is -0.113. The Morgan fingerprint density at radius 1 is 1.20 bits per heavy atom. The molecule has 0 fully saturated rings. The molecule has 5 nitrogen and oxygen atoms in total. The van der Waals surface area contributed by atoms with E-state index in [0.29, 0.717) is 21.4 Å². The van der Waals surface area contributed by atoms with Crippen LogP contribution in [0.3, 0.4) is 0 Å². The highest BCUT2D eigenvalue weighted by Gasteiger charge is 2.14. The molecule has 0 aliphatic heterocycles. The lowest BCUT2D eigenvalue weighted by Gasteiger charge is -2.03. The molecule has 0 atom stereocenters. The Balaban J connectivity index is 1.66. The molecular weight excluding hydrogens is 380 g/mol. The summed E-state index contributed by atoms with van der Waals surface area (Å²) < 4.78 is 11.2. The van der Waals surface area contributed by atoms with Gasteiger partial charge in [-0.15, -0.1) is 11.8 Å². The van der Waals surface area contributed by atoms with Gasteiger partial charge in [-0.05, 0) is 36.4 Å². The Kier molecular flexibility index (Phi) is 5.67. The van der Waals surface area contributed by atoms with Crippen molar-refractivity contribution in [1.82, 2.24) is 4.98 Å². The fourth-order valence-electron chi connectivity index (χ4n) is 2.15. The largest absolute Gasteiger partial charge is 0.497 e. The Bertz CT molecular complexity index is 897. The van der Waals surface area contributed by atoms with Gasteiger partial charge in [-0.3, -0.25) is 4.79 Å². The van der Waals surface area contributed by atoms with Gasteiger partial charge < -0.3 is 14.8 Å². The van der Waals surface area contributed by atoms with Crippen LogP contribution in [0.1, 0.15) is 0 Å². The average molecular weight is 395 g/mol. The van der Waals surface area contributed by atoms with Crippen molar-refractivity contribution in [2.75, 3.05) is 25.3 Å². The number of thioether (sulfide) groups is 1. The quantitative estimate of drug-likeness (QED) is 0.614. The zero-order valence-electron chi connectivity index (χ0n) is 13.5. The van der Waals surface area contributed by atoms with Gasteiger partial charge in [0.05, 0.1) is 29.7 Å². The number of halogens is 1. The molecule has 0 bridgehead atoms. The summed E-state index contributed by atoms with van der Waals surface area (Å²) in [4.78, 5) is 17.6. The van der Waals surface area contributed by atoms with Crippen molar-refractivity contribution in [1.29, 1.82) is 0 Å². The van der Waals surface area contributed by atoms with Crippen LogP contribution in [0.2, 0.25) is 5.02 Å². The van der Waals surface area contributed by atoms with E-state index >= 15 is 0 Å². The van der Waals surface area contributed by atoms with E-state index in [4.69, 9.17) is 21.1 Å². The molecule has 0 saturated heterocycles. The maximum Gasteiger partial charge on any atom is 0.236 e. The minimum absolute atomic E-state index is 0.130. The molecule has 0 radical (unpaired) electrons. The second kappa shape index (κ2) is 7.95. The molecule has 8 heteroatoms. The second-order valence-corrected chi connectivity index (χ2v) is 7.41. The Hall–Kier alpha value is -1.96. The van der Waals surface area contributed by atoms with Crippen LogP contribution < -0.4 is 14.8 Å². The third-order valence-electron chi connectivity index (χ3n) is 3.35.